The Bertz CT molecular complexity index is 670. The van der Waals surface area contributed by atoms with Crippen molar-refractivity contribution in [1.82, 2.24) is 20.0 Å². The summed E-state index contributed by atoms with van der Waals surface area (Å²) < 4.78 is 0. The quantitative estimate of drug-likeness (QED) is 0.725. The molecule has 1 aliphatic heterocycles. The zero-order valence-corrected chi connectivity index (χ0v) is 17.9. The molecular formula is C22H34N4O3. The van der Waals surface area contributed by atoms with E-state index in [0.29, 0.717) is 51.6 Å². The first-order chi connectivity index (χ1) is 13.9. The van der Waals surface area contributed by atoms with Crippen molar-refractivity contribution in [3.05, 3.63) is 35.9 Å². The molecule has 0 saturated carbocycles. The number of rotatable bonds is 8. The molecule has 1 aromatic carbocycles. The van der Waals surface area contributed by atoms with Crippen LogP contribution in [0.5, 0.6) is 0 Å². The Kier molecular flexibility index (Phi) is 8.96. The summed E-state index contributed by atoms with van der Waals surface area (Å²) in [6.07, 6.45) is 1.75. The van der Waals surface area contributed by atoms with Crippen LogP contribution < -0.4 is 5.32 Å². The molecule has 2 rings (SSSR count). The molecule has 1 aliphatic rings. The number of nitrogens with one attached hydrogen (secondary N) is 1. The van der Waals surface area contributed by atoms with Crippen LogP contribution in [0.3, 0.4) is 0 Å². The Morgan fingerprint density at radius 3 is 2.07 bits per heavy atom. The molecule has 1 fully saturated rings. The highest BCUT2D eigenvalue weighted by molar-refractivity contribution is 5.79. The van der Waals surface area contributed by atoms with E-state index in [2.05, 4.69) is 19.2 Å². The summed E-state index contributed by atoms with van der Waals surface area (Å²) >= 11 is 0. The van der Waals surface area contributed by atoms with Crippen molar-refractivity contribution in [2.24, 2.45) is 5.92 Å². The normalized spacial score (nSPS) is 14.1. The number of amides is 4. The summed E-state index contributed by atoms with van der Waals surface area (Å²) in [5.41, 5.74) is 1.06. The maximum absolute atomic E-state index is 12.4. The molecule has 1 saturated heterocycles. The second-order valence-electron chi connectivity index (χ2n) is 8.02. The minimum absolute atomic E-state index is 0.0188. The van der Waals surface area contributed by atoms with E-state index in [0.717, 1.165) is 12.0 Å². The molecule has 7 nitrogen and oxygen atoms in total. The van der Waals surface area contributed by atoms with Crippen LogP contribution in [-0.2, 0) is 16.1 Å². The van der Waals surface area contributed by atoms with Gasteiger partial charge in [-0.2, -0.15) is 0 Å². The number of nitrogens with zero attached hydrogens (tertiary/aromatic N) is 3. The molecule has 0 spiro atoms. The van der Waals surface area contributed by atoms with Gasteiger partial charge in [0, 0.05) is 59.2 Å². The van der Waals surface area contributed by atoms with Gasteiger partial charge in [0.2, 0.25) is 11.8 Å². The van der Waals surface area contributed by atoms with Gasteiger partial charge >= 0.3 is 6.03 Å². The SMILES string of the molecule is CC(C)CCC(=O)N1CCN(C(=O)CCNC(=O)N(C)Cc2ccccc2)CC1. The molecule has 29 heavy (non-hydrogen) atoms. The van der Waals surface area contributed by atoms with E-state index >= 15 is 0 Å². The summed E-state index contributed by atoms with van der Waals surface area (Å²) in [6.45, 7) is 7.37. The molecule has 4 amide bonds. The Morgan fingerprint density at radius 1 is 0.966 bits per heavy atom. The molecule has 7 heteroatoms. The predicted octanol–water partition coefficient (Wildman–Crippen LogP) is 2.33. The molecule has 0 aliphatic carbocycles. The Hall–Kier alpha value is -2.57. The molecule has 160 valence electrons. The monoisotopic (exact) mass is 402 g/mol. The number of carbonyl (C=O) groups is 3. The van der Waals surface area contributed by atoms with Gasteiger partial charge in [0.25, 0.3) is 0 Å². The molecule has 1 N–H and O–H groups in total. The third-order valence-corrected chi connectivity index (χ3v) is 5.14. The first-order valence-electron chi connectivity index (χ1n) is 10.4. The Balaban J connectivity index is 1.64. The van der Waals surface area contributed by atoms with Crippen LogP contribution in [0.1, 0.15) is 38.7 Å². The Labute approximate surface area is 174 Å². The summed E-state index contributed by atoms with van der Waals surface area (Å²) in [6, 6.07) is 9.58. The van der Waals surface area contributed by atoms with Crippen molar-refractivity contribution in [2.75, 3.05) is 39.8 Å². The third kappa shape index (κ3) is 7.75. The van der Waals surface area contributed by atoms with Gasteiger partial charge in [-0.15, -0.1) is 0 Å². The standard InChI is InChI=1S/C22H34N4O3/c1-18(2)9-10-20(27)25-13-15-26(16-14-25)21(28)11-12-23-22(29)24(3)17-19-7-5-4-6-8-19/h4-8,18H,9-17H2,1-3H3,(H,23,29). The van der Waals surface area contributed by atoms with E-state index in [1.165, 1.54) is 0 Å². The van der Waals surface area contributed by atoms with Crippen molar-refractivity contribution in [3.63, 3.8) is 0 Å². The predicted molar refractivity (Wildman–Crippen MR) is 113 cm³/mol. The second kappa shape index (κ2) is 11.4. The van der Waals surface area contributed by atoms with Crippen molar-refractivity contribution in [1.29, 1.82) is 0 Å². The molecule has 0 atom stereocenters. The van der Waals surface area contributed by atoms with E-state index in [4.69, 9.17) is 0 Å². The average molecular weight is 403 g/mol. The topological polar surface area (TPSA) is 73.0 Å². The molecule has 0 aromatic heterocycles. The first-order valence-corrected chi connectivity index (χ1v) is 10.4. The van der Waals surface area contributed by atoms with Gasteiger partial charge < -0.3 is 20.0 Å². The van der Waals surface area contributed by atoms with E-state index in [-0.39, 0.29) is 24.3 Å². The van der Waals surface area contributed by atoms with Gasteiger partial charge in [-0.25, -0.2) is 4.79 Å². The number of carbonyl (C=O) groups excluding carboxylic acids is 3. The van der Waals surface area contributed by atoms with Crippen LogP contribution in [0.4, 0.5) is 4.79 Å². The van der Waals surface area contributed by atoms with Gasteiger partial charge in [-0.05, 0) is 17.9 Å². The first kappa shape index (κ1) is 22.7. The highest BCUT2D eigenvalue weighted by Gasteiger charge is 2.23. The lowest BCUT2D eigenvalue weighted by Gasteiger charge is -2.35. The van der Waals surface area contributed by atoms with E-state index in [1.807, 2.05) is 35.2 Å². The fraction of sp³-hybridized carbons (Fsp3) is 0.591. The average Bonchev–Trinajstić information content (AvgIpc) is 2.72. The van der Waals surface area contributed by atoms with E-state index < -0.39 is 0 Å². The van der Waals surface area contributed by atoms with Crippen LogP contribution >= 0.6 is 0 Å². The highest BCUT2D eigenvalue weighted by Crippen LogP contribution is 2.10. The maximum atomic E-state index is 12.4. The zero-order chi connectivity index (χ0) is 21.2. The van der Waals surface area contributed by atoms with E-state index in [9.17, 15) is 14.4 Å². The lowest BCUT2D eigenvalue weighted by atomic mass is 10.1. The lowest BCUT2D eigenvalue weighted by molar-refractivity contribution is -0.139. The fourth-order valence-electron chi connectivity index (χ4n) is 3.27. The van der Waals surface area contributed by atoms with Gasteiger partial charge in [0.15, 0.2) is 0 Å². The fourth-order valence-corrected chi connectivity index (χ4v) is 3.27. The molecule has 0 radical (unpaired) electrons. The van der Waals surface area contributed by atoms with Crippen LogP contribution in [0.15, 0.2) is 30.3 Å². The van der Waals surface area contributed by atoms with Gasteiger partial charge in [-0.1, -0.05) is 44.2 Å². The zero-order valence-electron chi connectivity index (χ0n) is 17.9. The molecule has 1 aromatic rings. The summed E-state index contributed by atoms with van der Waals surface area (Å²) in [7, 11) is 1.74. The lowest BCUT2D eigenvalue weighted by Crippen LogP contribution is -2.51. The molecule has 0 bridgehead atoms. The van der Waals surface area contributed by atoms with Crippen LogP contribution in [0, 0.1) is 5.92 Å². The van der Waals surface area contributed by atoms with E-state index in [1.54, 1.807) is 16.8 Å². The van der Waals surface area contributed by atoms with Gasteiger partial charge in [-0.3, -0.25) is 9.59 Å². The minimum Gasteiger partial charge on any atom is -0.339 e. The number of benzene rings is 1. The van der Waals surface area contributed by atoms with Gasteiger partial charge in [0.1, 0.15) is 0 Å². The Morgan fingerprint density at radius 2 is 1.52 bits per heavy atom. The van der Waals surface area contributed by atoms with Crippen molar-refractivity contribution in [2.45, 2.75) is 39.7 Å². The number of piperazine rings is 1. The highest BCUT2D eigenvalue weighted by atomic mass is 16.2. The van der Waals surface area contributed by atoms with Crippen LogP contribution in [-0.4, -0.2) is 72.3 Å². The van der Waals surface area contributed by atoms with Crippen molar-refractivity contribution in [3.8, 4) is 0 Å². The maximum Gasteiger partial charge on any atom is 0.317 e. The molecule has 0 unspecified atom stereocenters. The van der Waals surface area contributed by atoms with Crippen LogP contribution in [0.2, 0.25) is 0 Å². The smallest absolute Gasteiger partial charge is 0.317 e. The number of hydrogen-bond donors (Lipinski definition) is 1. The largest absolute Gasteiger partial charge is 0.339 e. The summed E-state index contributed by atoms with van der Waals surface area (Å²) in [5.74, 6) is 0.716. The molecule has 1 heterocycles. The van der Waals surface area contributed by atoms with Crippen molar-refractivity contribution >= 4 is 17.8 Å². The minimum atomic E-state index is -0.192. The summed E-state index contributed by atoms with van der Waals surface area (Å²) in [4.78, 5) is 42.0. The number of hydrogen-bond acceptors (Lipinski definition) is 3. The van der Waals surface area contributed by atoms with Crippen LogP contribution in [0.25, 0.3) is 0 Å². The summed E-state index contributed by atoms with van der Waals surface area (Å²) in [5, 5.41) is 2.80. The molecular weight excluding hydrogens is 368 g/mol. The van der Waals surface area contributed by atoms with Gasteiger partial charge in [0.05, 0.1) is 0 Å². The third-order valence-electron chi connectivity index (χ3n) is 5.14. The number of urea groups is 1. The second-order valence-corrected chi connectivity index (χ2v) is 8.02. The van der Waals surface area contributed by atoms with Crippen molar-refractivity contribution < 1.29 is 14.4 Å².